The van der Waals surface area contributed by atoms with Crippen molar-refractivity contribution in [1.29, 1.82) is 5.26 Å². The van der Waals surface area contributed by atoms with Crippen LogP contribution in [0, 0.1) is 17.2 Å². The summed E-state index contributed by atoms with van der Waals surface area (Å²) in [5.41, 5.74) is 7.36. The van der Waals surface area contributed by atoms with Crippen LogP contribution in [-0.4, -0.2) is 17.9 Å². The fourth-order valence-corrected chi connectivity index (χ4v) is 2.89. The Morgan fingerprint density at radius 3 is 2.65 bits per heavy atom. The zero-order valence-corrected chi connectivity index (χ0v) is 14.0. The van der Waals surface area contributed by atoms with Crippen molar-refractivity contribution in [2.75, 3.05) is 0 Å². The number of hydrogen-bond donors (Lipinski definition) is 1. The summed E-state index contributed by atoms with van der Waals surface area (Å²) >= 11 is 6.29. The predicted molar refractivity (Wildman–Crippen MR) is 88.8 cm³/mol. The van der Waals surface area contributed by atoms with E-state index in [1.807, 2.05) is 0 Å². The Morgan fingerprint density at radius 1 is 1.43 bits per heavy atom. The number of carbonyl (C=O) groups is 1. The summed E-state index contributed by atoms with van der Waals surface area (Å²) in [7, 11) is 0. The number of nitrogens with two attached hydrogens (primary N) is 1. The van der Waals surface area contributed by atoms with Crippen molar-refractivity contribution >= 4 is 23.4 Å². The second-order valence-corrected chi connectivity index (χ2v) is 6.00. The highest BCUT2D eigenvalue weighted by Crippen LogP contribution is 2.41. The summed E-state index contributed by atoms with van der Waals surface area (Å²) in [6, 6.07) is 9.22. The Bertz CT molecular complexity index is 732. The average Bonchev–Trinajstić information content (AvgIpc) is 2.46. The minimum absolute atomic E-state index is 0.177. The molecule has 0 fully saturated rings. The maximum Gasteiger partial charge on any atom is 0.336 e. The number of nitriles is 1. The molecule has 6 heteroatoms. The van der Waals surface area contributed by atoms with Gasteiger partial charge in [0, 0.05) is 10.9 Å². The number of aliphatic imine (C=N–C) groups is 1. The van der Waals surface area contributed by atoms with Gasteiger partial charge in [-0.1, -0.05) is 29.8 Å². The summed E-state index contributed by atoms with van der Waals surface area (Å²) < 4.78 is 5.32. The fourth-order valence-electron chi connectivity index (χ4n) is 2.64. The zero-order chi connectivity index (χ0) is 17.1. The van der Waals surface area contributed by atoms with Crippen LogP contribution in [0.5, 0.6) is 0 Å². The van der Waals surface area contributed by atoms with Crippen molar-refractivity contribution in [3.05, 3.63) is 46.1 Å². The Morgan fingerprint density at radius 2 is 2.09 bits per heavy atom. The van der Waals surface area contributed by atoms with Gasteiger partial charge in [-0.3, -0.25) is 0 Å². The number of hydrogen-bond acceptors (Lipinski definition) is 5. The fraction of sp³-hybridized carbons (Fsp3) is 0.353. The van der Waals surface area contributed by atoms with E-state index in [4.69, 9.17) is 22.1 Å². The van der Waals surface area contributed by atoms with E-state index in [2.05, 4.69) is 11.1 Å². The van der Waals surface area contributed by atoms with Crippen LogP contribution < -0.4 is 5.73 Å². The highest BCUT2D eigenvalue weighted by Gasteiger charge is 2.39. The van der Waals surface area contributed by atoms with Crippen molar-refractivity contribution in [2.24, 2.45) is 16.6 Å². The first-order valence-corrected chi connectivity index (χ1v) is 7.64. The Hall–Kier alpha value is -2.32. The van der Waals surface area contributed by atoms with E-state index in [9.17, 15) is 10.1 Å². The van der Waals surface area contributed by atoms with Gasteiger partial charge in [0.25, 0.3) is 0 Å². The zero-order valence-electron chi connectivity index (χ0n) is 13.2. The molecule has 0 bridgehead atoms. The van der Waals surface area contributed by atoms with Crippen LogP contribution >= 0.6 is 11.6 Å². The van der Waals surface area contributed by atoms with Gasteiger partial charge in [-0.25, -0.2) is 9.79 Å². The minimum Gasteiger partial charge on any atom is -0.460 e. The summed E-state index contributed by atoms with van der Waals surface area (Å²) in [5, 5.41) is 9.99. The predicted octanol–water partition coefficient (Wildman–Crippen LogP) is 3.16. The molecule has 120 valence electrons. The topological polar surface area (TPSA) is 88.5 Å². The Kier molecular flexibility index (Phi) is 5.07. The number of esters is 1. The van der Waals surface area contributed by atoms with Gasteiger partial charge in [-0.15, -0.1) is 0 Å². The highest BCUT2D eigenvalue weighted by molar-refractivity contribution is 6.31. The van der Waals surface area contributed by atoms with E-state index in [1.54, 1.807) is 45.0 Å². The second kappa shape index (κ2) is 6.84. The van der Waals surface area contributed by atoms with Crippen molar-refractivity contribution in [3.63, 3.8) is 0 Å². The third-order valence-corrected chi connectivity index (χ3v) is 3.94. The molecule has 0 radical (unpaired) electrons. The molecule has 2 atom stereocenters. The average molecular weight is 332 g/mol. The quantitative estimate of drug-likeness (QED) is 0.861. The smallest absolute Gasteiger partial charge is 0.336 e. The number of halogens is 1. The van der Waals surface area contributed by atoms with Gasteiger partial charge in [-0.05, 0) is 32.4 Å². The first-order valence-electron chi connectivity index (χ1n) is 7.26. The summed E-state index contributed by atoms with van der Waals surface area (Å²) in [5.74, 6) is -1.69. The molecule has 0 spiro atoms. The number of benzene rings is 1. The molecule has 23 heavy (non-hydrogen) atoms. The molecular formula is C17H18ClN3O2. The van der Waals surface area contributed by atoms with E-state index >= 15 is 0 Å². The van der Waals surface area contributed by atoms with Gasteiger partial charge in [0.1, 0.15) is 11.8 Å². The van der Waals surface area contributed by atoms with Crippen molar-refractivity contribution in [1.82, 2.24) is 0 Å². The maximum atomic E-state index is 12.5. The van der Waals surface area contributed by atoms with Crippen LogP contribution in [-0.2, 0) is 9.53 Å². The molecule has 1 aromatic rings. The number of ether oxygens (including phenoxy) is 1. The van der Waals surface area contributed by atoms with Gasteiger partial charge >= 0.3 is 5.97 Å². The normalized spacial score (nSPS) is 21.0. The van der Waals surface area contributed by atoms with E-state index in [1.165, 1.54) is 0 Å². The summed E-state index contributed by atoms with van der Waals surface area (Å²) in [4.78, 5) is 16.7. The van der Waals surface area contributed by atoms with Crippen LogP contribution in [0.3, 0.4) is 0 Å². The number of amidine groups is 1. The summed E-state index contributed by atoms with van der Waals surface area (Å²) in [6.07, 6.45) is -0.279. The molecule has 2 rings (SSSR count). The standard InChI is InChI=1S/C17H18ClN3O2/c1-9(2)23-17(22)14-10(3)21-16(20)12(8-19)15(14)11-6-4-5-7-13(11)18/h4-7,9,12,15H,1-3H3,(H2,20,21). The van der Waals surface area contributed by atoms with Crippen LogP contribution in [0.15, 0.2) is 40.5 Å². The lowest BCUT2D eigenvalue weighted by molar-refractivity contribution is -0.143. The molecule has 1 aliphatic rings. The number of allylic oxidation sites excluding steroid dienone is 1. The Labute approximate surface area is 140 Å². The molecule has 1 aliphatic heterocycles. The van der Waals surface area contributed by atoms with Gasteiger partial charge in [0.15, 0.2) is 0 Å². The van der Waals surface area contributed by atoms with Gasteiger partial charge in [0.2, 0.25) is 0 Å². The molecule has 2 unspecified atom stereocenters. The molecule has 0 amide bonds. The monoisotopic (exact) mass is 331 g/mol. The van der Waals surface area contributed by atoms with E-state index in [0.717, 1.165) is 0 Å². The van der Waals surface area contributed by atoms with Crippen molar-refractivity contribution < 1.29 is 9.53 Å². The van der Waals surface area contributed by atoms with Crippen LogP contribution in [0.1, 0.15) is 32.3 Å². The first kappa shape index (κ1) is 17.0. The number of nitrogens with zero attached hydrogens (tertiary/aromatic N) is 2. The van der Waals surface area contributed by atoms with E-state index < -0.39 is 17.8 Å². The lowest BCUT2D eigenvalue weighted by Gasteiger charge is -2.29. The first-order chi connectivity index (χ1) is 10.9. The van der Waals surface area contributed by atoms with Crippen LogP contribution in [0.25, 0.3) is 0 Å². The number of carbonyl (C=O) groups excluding carboxylic acids is 1. The SMILES string of the molecule is CC1=C(C(=O)OC(C)C)C(c2ccccc2Cl)C(C#N)C(N)=N1. The molecule has 0 saturated heterocycles. The van der Waals surface area contributed by atoms with Crippen molar-refractivity contribution in [3.8, 4) is 6.07 Å². The molecule has 2 N–H and O–H groups in total. The minimum atomic E-state index is -0.770. The lowest BCUT2D eigenvalue weighted by atomic mass is 9.78. The van der Waals surface area contributed by atoms with Crippen molar-refractivity contribution in [2.45, 2.75) is 32.8 Å². The molecule has 1 aromatic carbocycles. The molecule has 5 nitrogen and oxygen atoms in total. The number of rotatable bonds is 3. The van der Waals surface area contributed by atoms with Gasteiger partial charge in [0.05, 0.1) is 23.4 Å². The van der Waals surface area contributed by atoms with E-state index in [0.29, 0.717) is 21.9 Å². The maximum absolute atomic E-state index is 12.5. The van der Waals surface area contributed by atoms with Gasteiger partial charge < -0.3 is 10.5 Å². The Balaban J connectivity index is 2.62. The van der Waals surface area contributed by atoms with Crippen LogP contribution in [0.4, 0.5) is 0 Å². The third-order valence-electron chi connectivity index (χ3n) is 3.59. The van der Waals surface area contributed by atoms with Gasteiger partial charge in [-0.2, -0.15) is 5.26 Å². The summed E-state index contributed by atoms with van der Waals surface area (Å²) in [6.45, 7) is 5.21. The lowest BCUT2D eigenvalue weighted by Crippen LogP contribution is -2.35. The molecule has 0 aromatic heterocycles. The molecule has 0 aliphatic carbocycles. The molecular weight excluding hydrogens is 314 g/mol. The second-order valence-electron chi connectivity index (χ2n) is 5.60. The molecule has 0 saturated carbocycles. The largest absolute Gasteiger partial charge is 0.460 e. The highest BCUT2D eigenvalue weighted by atomic mass is 35.5. The third kappa shape index (κ3) is 3.38. The van der Waals surface area contributed by atoms with E-state index in [-0.39, 0.29) is 11.9 Å². The molecule has 1 heterocycles. The van der Waals surface area contributed by atoms with Crippen LogP contribution in [0.2, 0.25) is 5.02 Å².